The maximum Gasteiger partial charge on any atom is 0.280 e. The summed E-state index contributed by atoms with van der Waals surface area (Å²) in [7, 11) is 0. The van der Waals surface area contributed by atoms with Crippen LogP contribution in [-0.4, -0.2) is 65.0 Å². The second-order valence-electron chi connectivity index (χ2n) is 7.33. The van der Waals surface area contributed by atoms with Crippen LogP contribution in [0.15, 0.2) is 24.3 Å². The van der Waals surface area contributed by atoms with E-state index in [0.29, 0.717) is 29.4 Å². The van der Waals surface area contributed by atoms with Crippen molar-refractivity contribution in [2.45, 2.75) is 26.8 Å². The van der Waals surface area contributed by atoms with E-state index >= 15 is 0 Å². The number of para-hydroxylation sites is 1. The molecule has 0 saturated carbocycles. The Bertz CT molecular complexity index is 1030. The summed E-state index contributed by atoms with van der Waals surface area (Å²) in [6.45, 7) is 9.28. The number of aromatic nitrogens is 3. The topological polar surface area (TPSA) is 63.5 Å². The van der Waals surface area contributed by atoms with Gasteiger partial charge in [-0.25, -0.2) is 9.37 Å². The molecule has 1 amide bonds. The van der Waals surface area contributed by atoms with Gasteiger partial charge in [0.05, 0.1) is 17.9 Å². The van der Waals surface area contributed by atoms with Crippen LogP contribution < -0.4 is 4.90 Å². The lowest BCUT2D eigenvalue weighted by Gasteiger charge is -2.27. The van der Waals surface area contributed by atoms with Crippen molar-refractivity contribution in [1.82, 2.24) is 19.7 Å². The SMILES string of the molecule is CCn1nc(C(=O)N(CCCN2CCOCC2)c2nc3c(F)cccc3s2)cc1C. The summed E-state index contributed by atoms with van der Waals surface area (Å²) in [6.07, 6.45) is 0.789. The lowest BCUT2D eigenvalue weighted by atomic mass is 10.3. The zero-order valence-corrected chi connectivity index (χ0v) is 18.1. The zero-order valence-electron chi connectivity index (χ0n) is 17.3. The molecule has 1 saturated heterocycles. The van der Waals surface area contributed by atoms with Crippen molar-refractivity contribution in [3.05, 3.63) is 41.5 Å². The summed E-state index contributed by atoms with van der Waals surface area (Å²) in [5.41, 5.74) is 1.63. The first-order valence-corrected chi connectivity index (χ1v) is 11.1. The molecule has 0 N–H and O–H groups in total. The number of carbonyl (C=O) groups is 1. The van der Waals surface area contributed by atoms with Crippen LogP contribution in [-0.2, 0) is 11.3 Å². The van der Waals surface area contributed by atoms with Gasteiger partial charge in [-0.2, -0.15) is 5.10 Å². The molecule has 1 aromatic carbocycles. The fourth-order valence-corrected chi connectivity index (χ4v) is 4.66. The number of anilines is 1. The summed E-state index contributed by atoms with van der Waals surface area (Å²) < 4.78 is 22.1. The maximum absolute atomic E-state index is 14.2. The first-order valence-electron chi connectivity index (χ1n) is 10.3. The van der Waals surface area contributed by atoms with Crippen LogP contribution in [0.1, 0.15) is 29.5 Å². The van der Waals surface area contributed by atoms with E-state index in [4.69, 9.17) is 4.74 Å². The van der Waals surface area contributed by atoms with Gasteiger partial charge in [0.2, 0.25) is 0 Å². The average molecular weight is 432 g/mol. The molecule has 2 aromatic heterocycles. The molecular weight excluding hydrogens is 405 g/mol. The van der Waals surface area contributed by atoms with Crippen molar-refractivity contribution < 1.29 is 13.9 Å². The van der Waals surface area contributed by atoms with Gasteiger partial charge in [-0.3, -0.25) is 19.3 Å². The minimum atomic E-state index is -0.373. The third kappa shape index (κ3) is 4.38. The summed E-state index contributed by atoms with van der Waals surface area (Å²) in [5.74, 6) is -0.575. The Morgan fingerprint density at radius 2 is 2.13 bits per heavy atom. The summed E-state index contributed by atoms with van der Waals surface area (Å²) >= 11 is 1.33. The predicted octanol–water partition coefficient (Wildman–Crippen LogP) is 3.33. The number of benzene rings is 1. The van der Waals surface area contributed by atoms with Gasteiger partial charge < -0.3 is 4.74 Å². The fraction of sp³-hybridized carbons (Fsp3) is 0.476. The molecule has 9 heteroatoms. The number of hydrogen-bond acceptors (Lipinski definition) is 6. The molecule has 3 heterocycles. The smallest absolute Gasteiger partial charge is 0.280 e. The number of thiazole rings is 1. The van der Waals surface area contributed by atoms with E-state index in [9.17, 15) is 9.18 Å². The Hall–Kier alpha value is -2.36. The van der Waals surface area contributed by atoms with Crippen molar-refractivity contribution in [1.29, 1.82) is 0 Å². The number of morpholine rings is 1. The number of amides is 1. The Kier molecular flexibility index (Phi) is 6.40. The molecule has 0 radical (unpaired) electrons. The van der Waals surface area contributed by atoms with E-state index < -0.39 is 0 Å². The standard InChI is InChI=1S/C21H26FN5O2S/c1-3-27-15(2)14-17(24-27)20(28)26(9-5-8-25-10-12-29-13-11-25)21-23-19-16(22)6-4-7-18(19)30-21/h4,6-7,14H,3,5,8-13H2,1-2H3. The van der Waals surface area contributed by atoms with Crippen molar-refractivity contribution in [3.8, 4) is 0 Å². The third-order valence-electron chi connectivity index (χ3n) is 5.29. The van der Waals surface area contributed by atoms with Gasteiger partial charge in [0.15, 0.2) is 10.8 Å². The molecule has 1 aliphatic rings. The predicted molar refractivity (Wildman–Crippen MR) is 116 cm³/mol. The fourth-order valence-electron chi connectivity index (χ4n) is 3.65. The van der Waals surface area contributed by atoms with Gasteiger partial charge in [0.1, 0.15) is 11.3 Å². The van der Waals surface area contributed by atoms with Crippen molar-refractivity contribution >= 4 is 32.6 Å². The highest BCUT2D eigenvalue weighted by Gasteiger charge is 2.25. The van der Waals surface area contributed by atoms with E-state index in [1.54, 1.807) is 21.7 Å². The second kappa shape index (κ2) is 9.20. The van der Waals surface area contributed by atoms with Gasteiger partial charge in [-0.1, -0.05) is 17.4 Å². The Morgan fingerprint density at radius 3 is 2.83 bits per heavy atom. The highest BCUT2D eigenvalue weighted by atomic mass is 32.1. The van der Waals surface area contributed by atoms with E-state index in [0.717, 1.165) is 49.7 Å². The van der Waals surface area contributed by atoms with Crippen LogP contribution in [0.2, 0.25) is 0 Å². The molecule has 3 aromatic rings. The van der Waals surface area contributed by atoms with Crippen molar-refractivity contribution in [2.24, 2.45) is 0 Å². The van der Waals surface area contributed by atoms with Crippen molar-refractivity contribution in [2.75, 3.05) is 44.3 Å². The number of ether oxygens (including phenoxy) is 1. The van der Waals surface area contributed by atoms with Crippen LogP contribution >= 0.6 is 11.3 Å². The quantitative estimate of drug-likeness (QED) is 0.574. The molecule has 0 bridgehead atoms. The van der Waals surface area contributed by atoms with Gasteiger partial charge in [-0.15, -0.1) is 0 Å². The lowest BCUT2D eigenvalue weighted by molar-refractivity contribution is 0.0376. The molecule has 1 fully saturated rings. The Labute approximate surface area is 179 Å². The van der Waals surface area contributed by atoms with E-state index in [1.165, 1.54) is 17.4 Å². The molecule has 4 rings (SSSR count). The number of nitrogens with zero attached hydrogens (tertiary/aromatic N) is 5. The summed E-state index contributed by atoms with van der Waals surface area (Å²) in [4.78, 5) is 21.8. The molecule has 0 unspecified atom stereocenters. The molecule has 0 spiro atoms. The number of fused-ring (bicyclic) bond motifs is 1. The zero-order chi connectivity index (χ0) is 21.1. The van der Waals surface area contributed by atoms with Crippen LogP contribution in [0.5, 0.6) is 0 Å². The van der Waals surface area contributed by atoms with Crippen LogP contribution in [0, 0.1) is 12.7 Å². The first kappa shape index (κ1) is 20.9. The number of rotatable bonds is 7. The highest BCUT2D eigenvalue weighted by Crippen LogP contribution is 2.31. The number of halogens is 1. The van der Waals surface area contributed by atoms with Crippen LogP contribution in [0.3, 0.4) is 0 Å². The monoisotopic (exact) mass is 431 g/mol. The number of carbonyl (C=O) groups excluding carboxylic acids is 1. The molecule has 1 aliphatic heterocycles. The Morgan fingerprint density at radius 1 is 1.33 bits per heavy atom. The molecular formula is C21H26FN5O2S. The number of aryl methyl sites for hydroxylation is 2. The molecule has 0 atom stereocenters. The van der Waals surface area contributed by atoms with E-state index in [-0.39, 0.29) is 11.7 Å². The molecule has 160 valence electrons. The lowest BCUT2D eigenvalue weighted by Crippen LogP contribution is -2.39. The molecule has 30 heavy (non-hydrogen) atoms. The minimum absolute atomic E-state index is 0.202. The third-order valence-corrected chi connectivity index (χ3v) is 6.34. The van der Waals surface area contributed by atoms with Gasteiger partial charge >= 0.3 is 0 Å². The van der Waals surface area contributed by atoms with Crippen molar-refractivity contribution in [3.63, 3.8) is 0 Å². The molecule has 7 nitrogen and oxygen atoms in total. The van der Waals surface area contributed by atoms with E-state index in [2.05, 4.69) is 15.0 Å². The van der Waals surface area contributed by atoms with Gasteiger partial charge in [-0.05, 0) is 38.5 Å². The summed E-state index contributed by atoms with van der Waals surface area (Å²) in [6, 6.07) is 6.68. The minimum Gasteiger partial charge on any atom is -0.379 e. The maximum atomic E-state index is 14.2. The van der Waals surface area contributed by atoms with Gasteiger partial charge in [0.25, 0.3) is 5.91 Å². The highest BCUT2D eigenvalue weighted by molar-refractivity contribution is 7.22. The first-order chi connectivity index (χ1) is 14.6. The molecule has 0 aliphatic carbocycles. The van der Waals surface area contributed by atoms with E-state index in [1.807, 2.05) is 19.9 Å². The van der Waals surface area contributed by atoms with Crippen LogP contribution in [0.4, 0.5) is 9.52 Å². The van der Waals surface area contributed by atoms with Gasteiger partial charge in [0, 0.05) is 38.4 Å². The second-order valence-corrected chi connectivity index (χ2v) is 8.34. The normalized spacial score (nSPS) is 15.0. The van der Waals surface area contributed by atoms with Crippen LogP contribution in [0.25, 0.3) is 10.2 Å². The largest absolute Gasteiger partial charge is 0.379 e. The number of hydrogen-bond donors (Lipinski definition) is 0. The Balaban J connectivity index is 1.59. The summed E-state index contributed by atoms with van der Waals surface area (Å²) in [5, 5.41) is 4.95. The average Bonchev–Trinajstić information content (AvgIpc) is 3.36.